The fraction of sp³-hybridized carbons (Fsp3) is 0.400. The van der Waals surface area contributed by atoms with Gasteiger partial charge in [0.1, 0.15) is 5.60 Å². The van der Waals surface area contributed by atoms with Crippen LogP contribution in [0.5, 0.6) is 0 Å². The molecule has 1 unspecified atom stereocenters. The normalized spacial score (nSPS) is 16.5. The van der Waals surface area contributed by atoms with Crippen molar-refractivity contribution in [2.45, 2.75) is 45.3 Å². The Balaban J connectivity index is 1.57. The van der Waals surface area contributed by atoms with Crippen LogP contribution in [0.2, 0.25) is 0 Å². The van der Waals surface area contributed by atoms with E-state index >= 15 is 0 Å². The Labute approximate surface area is 202 Å². The molecule has 1 saturated heterocycles. The first-order valence-electron chi connectivity index (χ1n) is 11.6. The van der Waals surface area contributed by atoms with Crippen molar-refractivity contribution in [2.75, 3.05) is 13.1 Å². The number of likely N-dealkylation sites (tertiary alicyclic amines) is 1. The highest BCUT2D eigenvalue weighted by atomic mass is 16.6. The summed E-state index contributed by atoms with van der Waals surface area (Å²) in [5.74, 6) is 0. The maximum atomic E-state index is 13.3. The number of pyridine rings is 2. The van der Waals surface area contributed by atoms with Gasteiger partial charge in [0.15, 0.2) is 5.65 Å². The zero-order valence-electron chi connectivity index (χ0n) is 20.2. The highest BCUT2D eigenvalue weighted by Gasteiger charge is 2.31. The Bertz CT molecular complexity index is 1550. The van der Waals surface area contributed by atoms with E-state index in [1.165, 1.54) is 0 Å². The molecule has 0 saturated carbocycles. The van der Waals surface area contributed by atoms with E-state index in [1.54, 1.807) is 50.1 Å². The number of nitriles is 1. The molecule has 10 heteroatoms. The standard InChI is InChI=1S/C25H27N7O3/c1-25(2,3)35-24(34)30-10-5-6-17(15-30)32-22-20(29(4)23(32)33)8-7-19(28-22)18-14-27-31-11-9-16(13-26)12-21(18)31/h7-9,11-12,14,17H,5-6,10,15H2,1-4H3. The Morgan fingerprint density at radius 2 is 2.03 bits per heavy atom. The maximum Gasteiger partial charge on any atom is 0.410 e. The Morgan fingerprint density at radius 3 is 2.77 bits per heavy atom. The van der Waals surface area contributed by atoms with Crippen molar-refractivity contribution in [2.24, 2.45) is 7.05 Å². The van der Waals surface area contributed by atoms with Crippen LogP contribution >= 0.6 is 0 Å². The summed E-state index contributed by atoms with van der Waals surface area (Å²) in [4.78, 5) is 32.5. The highest BCUT2D eigenvalue weighted by Crippen LogP contribution is 2.29. The van der Waals surface area contributed by atoms with Crippen LogP contribution in [0.25, 0.3) is 27.9 Å². The predicted octanol–water partition coefficient (Wildman–Crippen LogP) is 3.49. The van der Waals surface area contributed by atoms with E-state index in [4.69, 9.17) is 9.72 Å². The van der Waals surface area contributed by atoms with Gasteiger partial charge in [0.05, 0.1) is 40.6 Å². The van der Waals surface area contributed by atoms with Gasteiger partial charge < -0.3 is 9.64 Å². The molecule has 5 heterocycles. The lowest BCUT2D eigenvalue weighted by atomic mass is 10.1. The highest BCUT2D eigenvalue weighted by molar-refractivity contribution is 5.83. The third kappa shape index (κ3) is 4.03. The fourth-order valence-electron chi connectivity index (χ4n) is 4.62. The van der Waals surface area contributed by atoms with Crippen molar-refractivity contribution in [3.8, 4) is 17.3 Å². The number of aryl methyl sites for hydroxylation is 1. The van der Waals surface area contributed by atoms with Gasteiger partial charge in [-0.15, -0.1) is 0 Å². The molecule has 0 radical (unpaired) electrons. The molecule has 5 rings (SSSR count). The van der Waals surface area contributed by atoms with Gasteiger partial charge in [-0.05, 0) is 57.9 Å². The molecule has 4 aromatic rings. The molecule has 0 spiro atoms. The number of rotatable bonds is 2. The molecule has 0 aliphatic carbocycles. The van der Waals surface area contributed by atoms with E-state index in [9.17, 15) is 14.9 Å². The molecule has 1 amide bonds. The summed E-state index contributed by atoms with van der Waals surface area (Å²) >= 11 is 0. The molecule has 10 nitrogen and oxygen atoms in total. The Kier molecular flexibility index (Phi) is 5.35. The lowest BCUT2D eigenvalue weighted by Crippen LogP contribution is -2.45. The molecule has 0 N–H and O–H groups in total. The van der Waals surface area contributed by atoms with Crippen LogP contribution < -0.4 is 5.69 Å². The van der Waals surface area contributed by atoms with E-state index in [0.717, 1.165) is 23.9 Å². The minimum absolute atomic E-state index is 0.174. The maximum absolute atomic E-state index is 13.3. The summed E-state index contributed by atoms with van der Waals surface area (Å²) in [5, 5.41) is 13.7. The molecule has 0 aromatic carbocycles. The van der Waals surface area contributed by atoms with Crippen LogP contribution in [0.3, 0.4) is 0 Å². The lowest BCUT2D eigenvalue weighted by Gasteiger charge is -2.34. The van der Waals surface area contributed by atoms with E-state index in [1.807, 2.05) is 32.9 Å². The first-order chi connectivity index (χ1) is 16.7. The monoisotopic (exact) mass is 473 g/mol. The van der Waals surface area contributed by atoms with Crippen molar-refractivity contribution in [1.82, 2.24) is 28.6 Å². The summed E-state index contributed by atoms with van der Waals surface area (Å²) in [5.41, 5.74) is 3.22. The molecule has 1 aliphatic rings. The van der Waals surface area contributed by atoms with Crippen LogP contribution in [0.1, 0.15) is 45.2 Å². The number of amides is 1. The van der Waals surface area contributed by atoms with Gasteiger partial charge >= 0.3 is 11.8 Å². The molecule has 0 bridgehead atoms. The van der Waals surface area contributed by atoms with Gasteiger partial charge in [0.25, 0.3) is 0 Å². The number of fused-ring (bicyclic) bond motifs is 2. The van der Waals surface area contributed by atoms with E-state index in [0.29, 0.717) is 35.5 Å². The number of nitrogens with zero attached hydrogens (tertiary/aromatic N) is 7. The number of carbonyl (C=O) groups excluding carboxylic acids is 1. The average molecular weight is 474 g/mol. The lowest BCUT2D eigenvalue weighted by molar-refractivity contribution is 0.0172. The fourth-order valence-corrected chi connectivity index (χ4v) is 4.62. The van der Waals surface area contributed by atoms with Gasteiger partial charge in [0.2, 0.25) is 0 Å². The van der Waals surface area contributed by atoms with Crippen LogP contribution in [-0.4, -0.2) is 53.4 Å². The molecule has 35 heavy (non-hydrogen) atoms. The summed E-state index contributed by atoms with van der Waals surface area (Å²) in [7, 11) is 1.73. The Hall–Kier alpha value is -4.13. The summed E-state index contributed by atoms with van der Waals surface area (Å²) in [6, 6.07) is 9.14. The molecular formula is C25H27N7O3. The van der Waals surface area contributed by atoms with E-state index in [-0.39, 0.29) is 17.8 Å². The zero-order valence-corrected chi connectivity index (χ0v) is 20.2. The number of piperidine rings is 1. The number of hydrogen-bond donors (Lipinski definition) is 0. The minimum atomic E-state index is -0.587. The second kappa shape index (κ2) is 8.27. The third-order valence-corrected chi connectivity index (χ3v) is 6.28. The van der Waals surface area contributed by atoms with Gasteiger partial charge in [-0.1, -0.05) is 0 Å². The average Bonchev–Trinajstić information content (AvgIpc) is 3.36. The van der Waals surface area contributed by atoms with Gasteiger partial charge in [-0.2, -0.15) is 10.4 Å². The third-order valence-electron chi connectivity index (χ3n) is 6.28. The first-order valence-corrected chi connectivity index (χ1v) is 11.6. The summed E-state index contributed by atoms with van der Waals surface area (Å²) < 4.78 is 10.5. The minimum Gasteiger partial charge on any atom is -0.444 e. The van der Waals surface area contributed by atoms with Crippen LogP contribution in [0.4, 0.5) is 4.79 Å². The van der Waals surface area contributed by atoms with Crippen molar-refractivity contribution in [3.05, 3.63) is 52.7 Å². The smallest absolute Gasteiger partial charge is 0.410 e. The second-order valence-corrected chi connectivity index (χ2v) is 9.89. The zero-order chi connectivity index (χ0) is 24.9. The molecular weight excluding hydrogens is 446 g/mol. The number of carbonyl (C=O) groups is 1. The molecule has 1 atom stereocenters. The van der Waals surface area contributed by atoms with Crippen LogP contribution in [0.15, 0.2) is 41.5 Å². The van der Waals surface area contributed by atoms with Gasteiger partial charge in [0, 0.05) is 31.9 Å². The molecule has 1 fully saturated rings. The molecule has 180 valence electrons. The summed E-state index contributed by atoms with van der Waals surface area (Å²) in [6.07, 6.45) is 4.59. The van der Waals surface area contributed by atoms with Crippen molar-refractivity contribution >= 4 is 22.8 Å². The summed E-state index contributed by atoms with van der Waals surface area (Å²) in [6.45, 7) is 6.49. The molecule has 1 aliphatic heterocycles. The number of ether oxygens (including phenoxy) is 1. The van der Waals surface area contributed by atoms with Gasteiger partial charge in [-0.25, -0.2) is 19.1 Å². The van der Waals surface area contributed by atoms with Crippen molar-refractivity contribution < 1.29 is 9.53 Å². The molecule has 4 aromatic heterocycles. The first kappa shape index (κ1) is 22.7. The topological polar surface area (TPSA) is 110 Å². The van der Waals surface area contributed by atoms with Crippen LogP contribution in [-0.2, 0) is 11.8 Å². The Morgan fingerprint density at radius 1 is 1.23 bits per heavy atom. The quantitative estimate of drug-likeness (QED) is 0.441. The number of aromatic nitrogens is 5. The van der Waals surface area contributed by atoms with E-state index in [2.05, 4.69) is 11.2 Å². The number of hydrogen-bond acceptors (Lipinski definition) is 6. The predicted molar refractivity (Wildman–Crippen MR) is 130 cm³/mol. The number of imidazole rings is 1. The second-order valence-electron chi connectivity index (χ2n) is 9.89. The SMILES string of the molecule is Cn1c(=O)n(C2CCCN(C(=O)OC(C)(C)C)C2)c2nc(-c3cnn4ccc(C#N)cc34)ccc21. The largest absolute Gasteiger partial charge is 0.444 e. The van der Waals surface area contributed by atoms with Crippen molar-refractivity contribution in [3.63, 3.8) is 0 Å². The van der Waals surface area contributed by atoms with Gasteiger partial charge in [-0.3, -0.25) is 9.13 Å². The van der Waals surface area contributed by atoms with E-state index < -0.39 is 5.60 Å². The van der Waals surface area contributed by atoms with Crippen molar-refractivity contribution in [1.29, 1.82) is 5.26 Å². The van der Waals surface area contributed by atoms with Crippen LogP contribution in [0, 0.1) is 11.3 Å².